The van der Waals surface area contributed by atoms with Crippen LogP contribution in [0.4, 0.5) is 0 Å². The van der Waals surface area contributed by atoms with Crippen LogP contribution in [0.2, 0.25) is 0 Å². The number of carboxylic acid groups (broad SMARTS) is 1. The second-order valence-corrected chi connectivity index (χ2v) is 4.04. The summed E-state index contributed by atoms with van der Waals surface area (Å²) < 4.78 is 1.66. The molecule has 0 aliphatic heterocycles. The summed E-state index contributed by atoms with van der Waals surface area (Å²) in [5.74, 6) is -0.398. The molecule has 0 amide bonds. The normalized spacial score (nSPS) is 10.9. The van der Waals surface area contributed by atoms with Crippen LogP contribution < -0.4 is 5.11 Å². The van der Waals surface area contributed by atoms with Gasteiger partial charge in [0.25, 0.3) is 0 Å². The van der Waals surface area contributed by atoms with E-state index >= 15 is 0 Å². The highest BCUT2D eigenvalue weighted by Gasteiger charge is 2.08. The first-order valence-electron chi connectivity index (χ1n) is 5.13. The molecule has 2 aromatic rings. The highest BCUT2D eigenvalue weighted by Crippen LogP contribution is 2.20. The number of fused-ring (bicyclic) bond motifs is 1. The van der Waals surface area contributed by atoms with Crippen LogP contribution in [-0.2, 0) is 11.3 Å². The Kier molecular flexibility index (Phi) is 2.42. The Morgan fingerprint density at radius 3 is 2.56 bits per heavy atom. The second kappa shape index (κ2) is 3.63. The number of carboxylic acids is 1. The number of aromatic nitrogens is 2. The zero-order chi connectivity index (χ0) is 11.9. The summed E-state index contributed by atoms with van der Waals surface area (Å²) in [5.41, 5.74) is 3.98. The Balaban J connectivity index is 2.68. The van der Waals surface area contributed by atoms with E-state index in [0.717, 1.165) is 22.2 Å². The zero-order valence-electron chi connectivity index (χ0n) is 9.57. The van der Waals surface area contributed by atoms with E-state index in [1.165, 1.54) is 0 Å². The number of hydrogen-bond donors (Lipinski definition) is 0. The van der Waals surface area contributed by atoms with Crippen molar-refractivity contribution >= 4 is 17.0 Å². The molecule has 0 aliphatic rings. The topological polar surface area (TPSA) is 58.0 Å². The average molecular weight is 217 g/mol. The number of benzene rings is 1. The molecular weight excluding hydrogens is 204 g/mol. The highest BCUT2D eigenvalue weighted by atomic mass is 16.4. The van der Waals surface area contributed by atoms with Crippen LogP contribution in [0, 0.1) is 20.8 Å². The number of carbonyl (C=O) groups excluding carboxylic acids is 1. The minimum atomic E-state index is -1.10. The summed E-state index contributed by atoms with van der Waals surface area (Å²) in [6.45, 7) is 5.67. The van der Waals surface area contributed by atoms with Crippen molar-refractivity contribution in [1.29, 1.82) is 0 Å². The fourth-order valence-electron chi connectivity index (χ4n) is 1.83. The molecule has 2 rings (SSSR count). The third-order valence-corrected chi connectivity index (χ3v) is 2.84. The lowest BCUT2D eigenvalue weighted by atomic mass is 10.1. The molecule has 0 N–H and O–H groups in total. The van der Waals surface area contributed by atoms with E-state index in [0.29, 0.717) is 5.82 Å². The molecule has 1 aromatic heterocycles. The van der Waals surface area contributed by atoms with Crippen molar-refractivity contribution in [2.24, 2.45) is 0 Å². The van der Waals surface area contributed by atoms with Gasteiger partial charge >= 0.3 is 0 Å². The van der Waals surface area contributed by atoms with Gasteiger partial charge in [0, 0.05) is 0 Å². The van der Waals surface area contributed by atoms with Gasteiger partial charge in [-0.2, -0.15) is 0 Å². The fourth-order valence-corrected chi connectivity index (χ4v) is 1.83. The van der Waals surface area contributed by atoms with Crippen molar-refractivity contribution in [2.75, 3.05) is 0 Å². The van der Waals surface area contributed by atoms with Crippen LogP contribution in [0.15, 0.2) is 12.1 Å². The van der Waals surface area contributed by atoms with Gasteiger partial charge in [-0.05, 0) is 44.0 Å². The van der Waals surface area contributed by atoms with Gasteiger partial charge in [0.15, 0.2) is 0 Å². The zero-order valence-corrected chi connectivity index (χ0v) is 9.57. The maximum Gasteiger partial charge on any atom is 0.107 e. The van der Waals surface area contributed by atoms with Crippen LogP contribution in [-0.4, -0.2) is 15.5 Å². The monoisotopic (exact) mass is 217 g/mol. The Labute approximate surface area is 93.5 Å². The first-order valence-corrected chi connectivity index (χ1v) is 5.13. The maximum absolute atomic E-state index is 10.7. The minimum absolute atomic E-state index is 0.148. The largest absolute Gasteiger partial charge is 0.548 e. The maximum atomic E-state index is 10.7. The molecule has 0 saturated heterocycles. The minimum Gasteiger partial charge on any atom is -0.548 e. The summed E-state index contributed by atoms with van der Waals surface area (Å²) in [6, 6.07) is 3.94. The third kappa shape index (κ3) is 1.66. The number of aryl methyl sites for hydroxylation is 3. The fraction of sp³-hybridized carbons (Fsp3) is 0.333. The standard InChI is InChI=1S/C12H14N2O2/c1-7-4-10-11(5-8(7)2)14(6-12(15)16)9(3)13-10/h4-5H,6H2,1-3H3,(H,15,16)/p-1. The summed E-state index contributed by atoms with van der Waals surface area (Å²) in [4.78, 5) is 15.0. The van der Waals surface area contributed by atoms with Crippen molar-refractivity contribution in [3.63, 3.8) is 0 Å². The molecular formula is C12H13N2O2-. The van der Waals surface area contributed by atoms with Crippen LogP contribution in [0.25, 0.3) is 11.0 Å². The quantitative estimate of drug-likeness (QED) is 0.744. The van der Waals surface area contributed by atoms with Gasteiger partial charge in [-0.25, -0.2) is 4.98 Å². The van der Waals surface area contributed by atoms with Crippen molar-refractivity contribution in [1.82, 2.24) is 9.55 Å². The second-order valence-electron chi connectivity index (χ2n) is 4.04. The smallest absolute Gasteiger partial charge is 0.107 e. The van der Waals surface area contributed by atoms with Gasteiger partial charge < -0.3 is 14.5 Å². The van der Waals surface area contributed by atoms with Crippen LogP contribution in [0.5, 0.6) is 0 Å². The van der Waals surface area contributed by atoms with Gasteiger partial charge in [-0.1, -0.05) is 0 Å². The molecule has 0 spiro atoms. The number of imidazole rings is 1. The molecule has 1 aromatic carbocycles. The molecule has 16 heavy (non-hydrogen) atoms. The van der Waals surface area contributed by atoms with Crippen molar-refractivity contribution < 1.29 is 9.90 Å². The van der Waals surface area contributed by atoms with Gasteiger partial charge in [0.1, 0.15) is 5.82 Å². The number of rotatable bonds is 2. The van der Waals surface area contributed by atoms with Gasteiger partial charge in [-0.15, -0.1) is 0 Å². The summed E-state index contributed by atoms with van der Waals surface area (Å²) in [7, 11) is 0. The molecule has 1 heterocycles. The summed E-state index contributed by atoms with van der Waals surface area (Å²) in [6.07, 6.45) is 0. The molecule has 0 bridgehead atoms. The molecule has 0 atom stereocenters. The highest BCUT2D eigenvalue weighted by molar-refractivity contribution is 5.79. The van der Waals surface area contributed by atoms with Gasteiger partial charge in [0.05, 0.1) is 23.5 Å². The number of carbonyl (C=O) groups is 1. The third-order valence-electron chi connectivity index (χ3n) is 2.84. The lowest BCUT2D eigenvalue weighted by Gasteiger charge is -2.08. The van der Waals surface area contributed by atoms with Crippen molar-refractivity contribution in [3.8, 4) is 0 Å². The Bertz CT molecular complexity index is 570. The summed E-state index contributed by atoms with van der Waals surface area (Å²) in [5, 5.41) is 10.7. The molecule has 0 fully saturated rings. The molecule has 4 heteroatoms. The van der Waals surface area contributed by atoms with Crippen molar-refractivity contribution in [3.05, 3.63) is 29.1 Å². The first-order chi connectivity index (χ1) is 7.49. The molecule has 0 unspecified atom stereocenters. The van der Waals surface area contributed by atoms with E-state index in [-0.39, 0.29) is 6.54 Å². The van der Waals surface area contributed by atoms with E-state index in [1.54, 1.807) is 11.5 Å². The lowest BCUT2D eigenvalue weighted by molar-refractivity contribution is -0.306. The Morgan fingerprint density at radius 1 is 1.31 bits per heavy atom. The van der Waals surface area contributed by atoms with Crippen LogP contribution in [0.3, 0.4) is 0 Å². The van der Waals surface area contributed by atoms with Crippen molar-refractivity contribution in [2.45, 2.75) is 27.3 Å². The van der Waals surface area contributed by atoms with E-state index in [9.17, 15) is 9.90 Å². The molecule has 0 saturated carbocycles. The van der Waals surface area contributed by atoms with E-state index in [2.05, 4.69) is 4.98 Å². The SMILES string of the molecule is Cc1cc2nc(C)n(CC(=O)[O-])c2cc1C. The number of aliphatic carboxylic acids is 1. The van der Waals surface area contributed by atoms with Crippen LogP contribution >= 0.6 is 0 Å². The molecule has 0 radical (unpaired) electrons. The predicted octanol–water partition coefficient (Wildman–Crippen LogP) is 0.711. The Hall–Kier alpha value is -1.84. The molecule has 84 valence electrons. The first kappa shape index (κ1) is 10.7. The number of hydrogen-bond acceptors (Lipinski definition) is 3. The molecule has 0 aliphatic carbocycles. The summed E-state index contributed by atoms with van der Waals surface area (Å²) >= 11 is 0. The van der Waals surface area contributed by atoms with Gasteiger partial charge in [0.2, 0.25) is 0 Å². The van der Waals surface area contributed by atoms with E-state index in [1.807, 2.05) is 26.0 Å². The van der Waals surface area contributed by atoms with E-state index < -0.39 is 5.97 Å². The van der Waals surface area contributed by atoms with Crippen LogP contribution in [0.1, 0.15) is 17.0 Å². The lowest BCUT2D eigenvalue weighted by Crippen LogP contribution is -2.27. The molecule has 4 nitrogen and oxygen atoms in total. The van der Waals surface area contributed by atoms with E-state index in [4.69, 9.17) is 0 Å². The Morgan fingerprint density at radius 2 is 1.94 bits per heavy atom. The predicted molar refractivity (Wildman–Crippen MR) is 59.0 cm³/mol. The van der Waals surface area contributed by atoms with Gasteiger partial charge in [-0.3, -0.25) is 0 Å². The average Bonchev–Trinajstić information content (AvgIpc) is 2.45. The number of nitrogens with zero attached hydrogens (tertiary/aromatic N) is 2.